The van der Waals surface area contributed by atoms with Gasteiger partial charge in [-0.2, -0.15) is 5.10 Å². The molecular formula is C13H21N3O3. The van der Waals surface area contributed by atoms with E-state index in [2.05, 4.69) is 5.10 Å². The molecule has 1 fully saturated rings. The van der Waals surface area contributed by atoms with Crippen LogP contribution in [0.15, 0.2) is 12.3 Å². The number of carbonyl (C=O) groups excluding carboxylic acids is 1. The molecule has 1 amide bonds. The van der Waals surface area contributed by atoms with E-state index < -0.39 is 0 Å². The number of likely N-dealkylation sites (tertiary alicyclic amines) is 1. The average Bonchev–Trinajstić information content (AvgIpc) is 2.97. The third kappa shape index (κ3) is 3.13. The van der Waals surface area contributed by atoms with Crippen LogP contribution in [0.1, 0.15) is 12.1 Å². The quantitative estimate of drug-likeness (QED) is 0.766. The highest BCUT2D eigenvalue weighted by atomic mass is 16.5. The van der Waals surface area contributed by atoms with Crippen LogP contribution in [0.4, 0.5) is 0 Å². The second kappa shape index (κ2) is 6.16. The fourth-order valence-corrected chi connectivity index (χ4v) is 2.53. The molecule has 2 atom stereocenters. The first-order valence-electron chi connectivity index (χ1n) is 6.43. The van der Waals surface area contributed by atoms with Crippen molar-refractivity contribution in [2.75, 3.05) is 27.4 Å². The number of ether oxygens (including phenoxy) is 2. The molecule has 106 valence electrons. The SMILES string of the molecule is COC[C@@H]1C[C@@H](OC)CN1C(=O)Cc1ccnn1C. The van der Waals surface area contributed by atoms with Gasteiger partial charge in [-0.05, 0) is 12.5 Å². The first-order chi connectivity index (χ1) is 9.15. The lowest BCUT2D eigenvalue weighted by Gasteiger charge is -2.23. The van der Waals surface area contributed by atoms with E-state index in [1.54, 1.807) is 25.1 Å². The maximum Gasteiger partial charge on any atom is 0.228 e. The van der Waals surface area contributed by atoms with Gasteiger partial charge < -0.3 is 14.4 Å². The first-order valence-corrected chi connectivity index (χ1v) is 6.43. The molecule has 0 aliphatic carbocycles. The summed E-state index contributed by atoms with van der Waals surface area (Å²) in [6.45, 7) is 1.19. The summed E-state index contributed by atoms with van der Waals surface area (Å²) in [5, 5.41) is 4.08. The van der Waals surface area contributed by atoms with Gasteiger partial charge in [0.05, 0.1) is 25.2 Å². The maximum atomic E-state index is 12.4. The van der Waals surface area contributed by atoms with Crippen molar-refractivity contribution in [2.24, 2.45) is 7.05 Å². The highest BCUT2D eigenvalue weighted by molar-refractivity contribution is 5.79. The van der Waals surface area contributed by atoms with Gasteiger partial charge in [-0.1, -0.05) is 0 Å². The Bertz CT molecular complexity index is 433. The topological polar surface area (TPSA) is 56.6 Å². The number of hydrogen-bond donors (Lipinski definition) is 0. The Morgan fingerprint density at radius 2 is 2.32 bits per heavy atom. The zero-order valence-electron chi connectivity index (χ0n) is 11.7. The molecule has 1 aromatic rings. The molecule has 1 aromatic heterocycles. The van der Waals surface area contributed by atoms with Crippen LogP contribution >= 0.6 is 0 Å². The van der Waals surface area contributed by atoms with Crippen molar-refractivity contribution in [1.29, 1.82) is 0 Å². The van der Waals surface area contributed by atoms with Gasteiger partial charge in [0.2, 0.25) is 5.91 Å². The first kappa shape index (κ1) is 14.0. The van der Waals surface area contributed by atoms with E-state index in [0.717, 1.165) is 12.1 Å². The van der Waals surface area contributed by atoms with E-state index in [1.807, 2.05) is 18.0 Å². The van der Waals surface area contributed by atoms with Crippen LogP contribution in [0.3, 0.4) is 0 Å². The predicted molar refractivity (Wildman–Crippen MR) is 69.7 cm³/mol. The number of amides is 1. The van der Waals surface area contributed by atoms with Crippen LogP contribution in [-0.2, 0) is 27.7 Å². The summed E-state index contributed by atoms with van der Waals surface area (Å²) < 4.78 is 12.3. The molecule has 1 aliphatic rings. The van der Waals surface area contributed by atoms with E-state index in [9.17, 15) is 4.79 Å². The minimum atomic E-state index is 0.102. The van der Waals surface area contributed by atoms with Crippen LogP contribution in [0.2, 0.25) is 0 Å². The van der Waals surface area contributed by atoms with Crippen molar-refractivity contribution in [1.82, 2.24) is 14.7 Å². The maximum absolute atomic E-state index is 12.4. The Balaban J connectivity index is 2.02. The highest BCUT2D eigenvalue weighted by Crippen LogP contribution is 2.21. The lowest BCUT2D eigenvalue weighted by atomic mass is 10.2. The minimum Gasteiger partial charge on any atom is -0.383 e. The van der Waals surface area contributed by atoms with Crippen LogP contribution in [0.5, 0.6) is 0 Å². The molecule has 6 heteroatoms. The zero-order chi connectivity index (χ0) is 13.8. The van der Waals surface area contributed by atoms with E-state index in [0.29, 0.717) is 19.6 Å². The molecule has 0 N–H and O–H groups in total. The summed E-state index contributed by atoms with van der Waals surface area (Å²) in [5.74, 6) is 0.102. The second-order valence-electron chi connectivity index (χ2n) is 4.87. The normalized spacial score (nSPS) is 23.0. The Labute approximate surface area is 113 Å². The van der Waals surface area contributed by atoms with Gasteiger partial charge >= 0.3 is 0 Å². The van der Waals surface area contributed by atoms with Crippen LogP contribution in [0, 0.1) is 0 Å². The molecule has 2 rings (SSSR count). The summed E-state index contributed by atoms with van der Waals surface area (Å²) in [6, 6.07) is 1.98. The number of carbonyl (C=O) groups is 1. The molecular weight excluding hydrogens is 246 g/mol. The lowest BCUT2D eigenvalue weighted by molar-refractivity contribution is -0.132. The van der Waals surface area contributed by atoms with Gasteiger partial charge in [0.1, 0.15) is 0 Å². The molecule has 0 unspecified atom stereocenters. The van der Waals surface area contributed by atoms with Gasteiger partial charge in [-0.15, -0.1) is 0 Å². The number of hydrogen-bond acceptors (Lipinski definition) is 4. The predicted octanol–water partition coefficient (Wildman–Crippen LogP) is 0.225. The van der Waals surface area contributed by atoms with Crippen molar-refractivity contribution in [3.8, 4) is 0 Å². The van der Waals surface area contributed by atoms with Gasteiger partial charge in [0.25, 0.3) is 0 Å². The molecule has 0 bridgehead atoms. The van der Waals surface area contributed by atoms with Crippen molar-refractivity contribution in [3.05, 3.63) is 18.0 Å². The summed E-state index contributed by atoms with van der Waals surface area (Å²) in [6.07, 6.45) is 3.02. The third-order valence-electron chi connectivity index (χ3n) is 3.64. The summed E-state index contributed by atoms with van der Waals surface area (Å²) in [5.41, 5.74) is 0.919. The molecule has 2 heterocycles. The monoisotopic (exact) mass is 267 g/mol. The van der Waals surface area contributed by atoms with Gasteiger partial charge in [0.15, 0.2) is 0 Å². The standard InChI is InChI=1S/C13H21N3O3/c1-15-10(4-5-14-15)7-13(17)16-8-12(19-3)6-11(16)9-18-2/h4-5,11-12H,6-9H2,1-3H3/t11-,12+/m0/s1. The largest absolute Gasteiger partial charge is 0.383 e. The van der Waals surface area contributed by atoms with E-state index in [4.69, 9.17) is 9.47 Å². The van der Waals surface area contributed by atoms with Crippen molar-refractivity contribution < 1.29 is 14.3 Å². The Morgan fingerprint density at radius 1 is 1.53 bits per heavy atom. The van der Waals surface area contributed by atoms with Crippen molar-refractivity contribution >= 4 is 5.91 Å². The summed E-state index contributed by atoms with van der Waals surface area (Å²) in [4.78, 5) is 14.3. The number of aromatic nitrogens is 2. The number of nitrogens with zero attached hydrogens (tertiary/aromatic N) is 3. The third-order valence-corrected chi connectivity index (χ3v) is 3.64. The van der Waals surface area contributed by atoms with Gasteiger partial charge in [-0.25, -0.2) is 0 Å². The van der Waals surface area contributed by atoms with Crippen molar-refractivity contribution in [2.45, 2.75) is 25.0 Å². The molecule has 6 nitrogen and oxygen atoms in total. The van der Waals surface area contributed by atoms with E-state index >= 15 is 0 Å². The molecule has 0 radical (unpaired) electrons. The second-order valence-corrected chi connectivity index (χ2v) is 4.87. The Kier molecular flexibility index (Phi) is 4.55. The smallest absolute Gasteiger partial charge is 0.228 e. The zero-order valence-corrected chi connectivity index (χ0v) is 11.7. The van der Waals surface area contributed by atoms with E-state index in [-0.39, 0.29) is 18.1 Å². The number of methoxy groups -OCH3 is 2. The van der Waals surface area contributed by atoms with Crippen LogP contribution in [0.25, 0.3) is 0 Å². The van der Waals surface area contributed by atoms with Gasteiger partial charge in [-0.3, -0.25) is 9.48 Å². The van der Waals surface area contributed by atoms with Crippen LogP contribution < -0.4 is 0 Å². The molecule has 0 aromatic carbocycles. The van der Waals surface area contributed by atoms with Crippen LogP contribution in [-0.4, -0.2) is 60.1 Å². The average molecular weight is 267 g/mol. The molecule has 1 aliphatic heterocycles. The minimum absolute atomic E-state index is 0.102. The molecule has 0 spiro atoms. The molecule has 0 saturated carbocycles. The molecule has 1 saturated heterocycles. The van der Waals surface area contributed by atoms with Gasteiger partial charge in [0, 0.05) is 39.7 Å². The fraction of sp³-hybridized carbons (Fsp3) is 0.692. The highest BCUT2D eigenvalue weighted by Gasteiger charge is 2.35. The Morgan fingerprint density at radius 3 is 2.89 bits per heavy atom. The number of rotatable bonds is 5. The Hall–Kier alpha value is -1.40. The summed E-state index contributed by atoms with van der Waals surface area (Å²) in [7, 11) is 5.19. The lowest BCUT2D eigenvalue weighted by Crippen LogP contribution is -2.39. The molecule has 19 heavy (non-hydrogen) atoms. The number of aryl methyl sites for hydroxylation is 1. The van der Waals surface area contributed by atoms with E-state index in [1.165, 1.54) is 0 Å². The van der Waals surface area contributed by atoms with Crippen molar-refractivity contribution in [3.63, 3.8) is 0 Å². The fourth-order valence-electron chi connectivity index (χ4n) is 2.53. The summed E-state index contributed by atoms with van der Waals surface area (Å²) >= 11 is 0.